The van der Waals surface area contributed by atoms with Gasteiger partial charge in [-0.25, -0.2) is 0 Å². The van der Waals surface area contributed by atoms with Crippen molar-refractivity contribution in [1.82, 2.24) is 0 Å². The summed E-state index contributed by atoms with van der Waals surface area (Å²) in [6.45, 7) is 3.56. The molecule has 0 saturated carbocycles. The summed E-state index contributed by atoms with van der Waals surface area (Å²) < 4.78 is 14.9. The fraction of sp³-hybridized carbons (Fsp3) is 0.750. The molecule has 0 aliphatic rings. The van der Waals surface area contributed by atoms with E-state index < -0.39 is 23.6 Å². The van der Waals surface area contributed by atoms with Crippen LogP contribution in [0.5, 0.6) is 0 Å². The Kier molecular flexibility index (Phi) is 10.3. The van der Waals surface area contributed by atoms with E-state index in [1.165, 1.54) is 14.2 Å². The monoisotopic (exact) mass is 314 g/mol. The van der Waals surface area contributed by atoms with Crippen molar-refractivity contribution in [3.05, 3.63) is 0 Å². The molecule has 0 heterocycles. The molecule has 0 bridgehead atoms. The molecule has 6 heteroatoms. The molecule has 0 unspecified atom stereocenters. The van der Waals surface area contributed by atoms with Crippen LogP contribution in [-0.2, 0) is 23.8 Å². The van der Waals surface area contributed by atoms with Gasteiger partial charge in [-0.1, -0.05) is 19.8 Å². The van der Waals surface area contributed by atoms with E-state index in [1.807, 2.05) is 0 Å². The van der Waals surface area contributed by atoms with Gasteiger partial charge in [0.1, 0.15) is 0 Å². The zero-order chi connectivity index (χ0) is 17.0. The number of methoxy groups -OCH3 is 2. The summed E-state index contributed by atoms with van der Waals surface area (Å²) >= 11 is 0. The zero-order valence-corrected chi connectivity index (χ0v) is 13.8. The molecule has 22 heavy (non-hydrogen) atoms. The fourth-order valence-electron chi connectivity index (χ4n) is 1.92. The number of esters is 1. The van der Waals surface area contributed by atoms with Gasteiger partial charge in [0.25, 0.3) is 0 Å². The van der Waals surface area contributed by atoms with Crippen LogP contribution in [0, 0.1) is 17.3 Å². The van der Waals surface area contributed by atoms with Crippen LogP contribution in [0.25, 0.3) is 0 Å². The molecule has 6 nitrogen and oxygen atoms in total. The van der Waals surface area contributed by atoms with Crippen LogP contribution in [0.3, 0.4) is 0 Å². The molecule has 1 N–H and O–H groups in total. The molecule has 0 amide bonds. The number of unbranched alkanes of at least 4 members (excludes halogenated alkanes) is 2. The van der Waals surface area contributed by atoms with E-state index in [-0.39, 0.29) is 19.4 Å². The molecule has 0 rings (SSSR count). The molecule has 0 spiro atoms. The van der Waals surface area contributed by atoms with Crippen molar-refractivity contribution in [2.75, 3.05) is 20.8 Å². The SMILES string of the molecule is CCC(CC)(C(=O)O)C(=O)OCCCCC#CC(OC)OC. The normalized spacial score (nSPS) is 11.0. The van der Waals surface area contributed by atoms with Gasteiger partial charge in [0, 0.05) is 20.6 Å². The van der Waals surface area contributed by atoms with Crippen LogP contribution >= 0.6 is 0 Å². The summed E-state index contributed by atoms with van der Waals surface area (Å²) in [5.74, 6) is 3.92. The molecule has 0 aromatic heterocycles. The third kappa shape index (κ3) is 6.04. The smallest absolute Gasteiger partial charge is 0.323 e. The van der Waals surface area contributed by atoms with Gasteiger partial charge < -0.3 is 19.3 Å². The Morgan fingerprint density at radius 1 is 1.14 bits per heavy atom. The maximum absolute atomic E-state index is 12.0. The van der Waals surface area contributed by atoms with Crippen LogP contribution in [-0.4, -0.2) is 44.2 Å². The second kappa shape index (κ2) is 11.0. The second-order valence-electron chi connectivity index (χ2n) is 4.81. The van der Waals surface area contributed by atoms with Gasteiger partial charge in [0.05, 0.1) is 6.61 Å². The van der Waals surface area contributed by atoms with Gasteiger partial charge in [-0.15, -0.1) is 0 Å². The van der Waals surface area contributed by atoms with Crippen molar-refractivity contribution in [3.8, 4) is 11.8 Å². The number of carbonyl (C=O) groups excluding carboxylic acids is 1. The van der Waals surface area contributed by atoms with Crippen LogP contribution in [0.1, 0.15) is 46.0 Å². The van der Waals surface area contributed by atoms with Gasteiger partial charge in [0.2, 0.25) is 6.29 Å². The number of carbonyl (C=O) groups is 2. The predicted molar refractivity (Wildman–Crippen MR) is 81.0 cm³/mol. The minimum Gasteiger partial charge on any atom is -0.480 e. The number of carboxylic acids is 1. The average Bonchev–Trinajstić information content (AvgIpc) is 2.51. The summed E-state index contributed by atoms with van der Waals surface area (Å²) in [5.41, 5.74) is -1.43. The Morgan fingerprint density at radius 3 is 2.18 bits per heavy atom. The maximum atomic E-state index is 12.0. The highest BCUT2D eigenvalue weighted by Crippen LogP contribution is 2.28. The van der Waals surface area contributed by atoms with Crippen LogP contribution in [0.15, 0.2) is 0 Å². The number of rotatable bonds is 10. The number of hydrogen-bond donors (Lipinski definition) is 1. The van der Waals surface area contributed by atoms with Crippen LogP contribution in [0.2, 0.25) is 0 Å². The molecule has 0 aliphatic heterocycles. The summed E-state index contributed by atoms with van der Waals surface area (Å²) in [4.78, 5) is 23.2. The fourth-order valence-corrected chi connectivity index (χ4v) is 1.92. The lowest BCUT2D eigenvalue weighted by Gasteiger charge is -2.24. The Labute approximate surface area is 132 Å². The number of aliphatic carboxylic acids is 1. The van der Waals surface area contributed by atoms with E-state index in [1.54, 1.807) is 13.8 Å². The van der Waals surface area contributed by atoms with E-state index in [9.17, 15) is 14.7 Å². The standard InChI is InChI=1S/C16H26O6/c1-5-16(6-2,14(17)18)15(19)22-12-10-8-7-9-11-13(20-3)21-4/h13H,5-8,10,12H2,1-4H3,(H,17,18). The highest BCUT2D eigenvalue weighted by molar-refractivity contribution is 5.99. The lowest BCUT2D eigenvalue weighted by Crippen LogP contribution is -2.39. The molecule has 0 saturated heterocycles. The van der Waals surface area contributed by atoms with Crippen molar-refractivity contribution in [1.29, 1.82) is 0 Å². The predicted octanol–water partition coefficient (Wildman–Crippen LogP) is 2.21. The lowest BCUT2D eigenvalue weighted by molar-refractivity contribution is -0.169. The van der Waals surface area contributed by atoms with E-state index in [4.69, 9.17) is 14.2 Å². The quantitative estimate of drug-likeness (QED) is 0.219. The molecule has 0 fully saturated rings. The first-order valence-electron chi connectivity index (χ1n) is 7.43. The summed E-state index contributed by atoms with van der Waals surface area (Å²) in [5, 5.41) is 9.22. The van der Waals surface area contributed by atoms with E-state index in [0.717, 1.165) is 6.42 Å². The molecule has 0 radical (unpaired) electrons. The third-order valence-electron chi connectivity index (χ3n) is 3.58. The Balaban J connectivity index is 4.11. The van der Waals surface area contributed by atoms with Crippen molar-refractivity contribution < 1.29 is 28.9 Å². The first kappa shape index (κ1) is 20.4. The lowest BCUT2D eigenvalue weighted by atomic mass is 9.82. The van der Waals surface area contributed by atoms with Crippen molar-refractivity contribution >= 4 is 11.9 Å². The molecule has 0 atom stereocenters. The van der Waals surface area contributed by atoms with Gasteiger partial charge in [0.15, 0.2) is 5.41 Å². The van der Waals surface area contributed by atoms with Gasteiger partial charge >= 0.3 is 11.9 Å². The Morgan fingerprint density at radius 2 is 1.73 bits per heavy atom. The summed E-state index contributed by atoms with van der Waals surface area (Å²) in [7, 11) is 3.02. The van der Waals surface area contributed by atoms with E-state index in [2.05, 4.69) is 11.8 Å². The molecular formula is C16H26O6. The minimum absolute atomic E-state index is 0.202. The van der Waals surface area contributed by atoms with E-state index >= 15 is 0 Å². The van der Waals surface area contributed by atoms with Crippen molar-refractivity contribution in [2.24, 2.45) is 5.41 Å². The first-order chi connectivity index (χ1) is 10.5. The largest absolute Gasteiger partial charge is 0.480 e. The molecule has 0 aromatic carbocycles. The number of carboxylic acid groups (broad SMARTS) is 1. The zero-order valence-electron chi connectivity index (χ0n) is 13.8. The Bertz CT molecular complexity index is 399. The topological polar surface area (TPSA) is 82.1 Å². The first-order valence-corrected chi connectivity index (χ1v) is 7.43. The molecule has 0 aliphatic carbocycles. The summed E-state index contributed by atoms with van der Waals surface area (Å²) in [6.07, 6.45) is 1.93. The van der Waals surface area contributed by atoms with Crippen molar-refractivity contribution in [3.63, 3.8) is 0 Å². The average molecular weight is 314 g/mol. The third-order valence-corrected chi connectivity index (χ3v) is 3.58. The second-order valence-corrected chi connectivity index (χ2v) is 4.81. The minimum atomic E-state index is -1.43. The van der Waals surface area contributed by atoms with Crippen LogP contribution < -0.4 is 0 Å². The number of ether oxygens (including phenoxy) is 3. The highest BCUT2D eigenvalue weighted by atomic mass is 16.7. The van der Waals surface area contributed by atoms with Crippen molar-refractivity contribution in [2.45, 2.75) is 52.2 Å². The van der Waals surface area contributed by atoms with Gasteiger partial charge in [-0.3, -0.25) is 9.59 Å². The Hall–Kier alpha value is -1.58. The molecule has 0 aromatic rings. The highest BCUT2D eigenvalue weighted by Gasteiger charge is 2.44. The molecular weight excluding hydrogens is 288 g/mol. The van der Waals surface area contributed by atoms with Gasteiger partial charge in [-0.2, -0.15) is 0 Å². The number of hydrogen-bond acceptors (Lipinski definition) is 5. The van der Waals surface area contributed by atoms with E-state index in [0.29, 0.717) is 12.8 Å². The molecule has 126 valence electrons. The summed E-state index contributed by atoms with van der Waals surface area (Å²) in [6, 6.07) is 0. The maximum Gasteiger partial charge on any atom is 0.323 e. The van der Waals surface area contributed by atoms with Crippen LogP contribution in [0.4, 0.5) is 0 Å². The van der Waals surface area contributed by atoms with Gasteiger partial charge in [-0.05, 0) is 31.6 Å².